The molecule has 6 rings (SSSR count). The van der Waals surface area contributed by atoms with Crippen LogP contribution in [-0.2, 0) is 12.8 Å². The Kier molecular flexibility index (Phi) is 2.62. The zero-order valence-electron chi connectivity index (χ0n) is 14.2. The molecule has 4 heterocycles. The van der Waals surface area contributed by atoms with Crippen molar-refractivity contribution in [1.82, 2.24) is 0 Å². The molecule has 0 fully saturated rings. The predicted octanol–water partition coefficient (Wildman–Crippen LogP) is 4.14. The summed E-state index contributed by atoms with van der Waals surface area (Å²) in [5, 5.41) is 0. The summed E-state index contributed by atoms with van der Waals surface area (Å²) in [5.74, 6) is 1.97. The minimum absolute atomic E-state index is 0.964. The average Bonchev–Trinajstić information content (AvgIpc) is 3.12. The zero-order chi connectivity index (χ0) is 16.8. The number of hydrogen-bond donors (Lipinski definition) is 0. The first kappa shape index (κ1) is 14.2. The van der Waals surface area contributed by atoms with Gasteiger partial charge in [0.05, 0.1) is 0 Å². The summed E-state index contributed by atoms with van der Waals surface area (Å²) in [6.45, 7) is 4.37. The number of nitrogens with zero attached hydrogens (tertiary/aromatic N) is 2. The molecule has 2 aromatic carbocycles. The van der Waals surface area contributed by atoms with Crippen LogP contribution in [-0.4, -0.2) is 22.7 Å². The van der Waals surface area contributed by atoms with Crippen LogP contribution in [0.15, 0.2) is 59.9 Å². The predicted molar refractivity (Wildman–Crippen MR) is 99.8 cm³/mol. The van der Waals surface area contributed by atoms with Crippen LogP contribution >= 0.6 is 0 Å². The van der Waals surface area contributed by atoms with E-state index in [0.29, 0.717) is 0 Å². The van der Waals surface area contributed by atoms with E-state index in [9.17, 15) is 0 Å². The summed E-state index contributed by atoms with van der Waals surface area (Å²) < 4.78 is 18.4. The van der Waals surface area contributed by atoms with Crippen molar-refractivity contribution in [2.45, 2.75) is 26.7 Å². The van der Waals surface area contributed by atoms with E-state index < -0.39 is 22.7 Å². The monoisotopic (exact) mass is 526 g/mol. The summed E-state index contributed by atoms with van der Waals surface area (Å²) in [7, 11) is 0. The van der Waals surface area contributed by atoms with Crippen LogP contribution in [0.25, 0.3) is 0 Å². The second-order valence-electron chi connectivity index (χ2n) is 7.05. The van der Waals surface area contributed by atoms with Gasteiger partial charge in [-0.25, -0.2) is 0 Å². The number of benzene rings is 2. The van der Waals surface area contributed by atoms with Crippen molar-refractivity contribution in [2.24, 2.45) is 0 Å². The third-order valence-corrected chi connectivity index (χ3v) is 18.3. The van der Waals surface area contributed by atoms with Crippen molar-refractivity contribution in [2.75, 3.05) is 5.42 Å². The van der Waals surface area contributed by atoms with Crippen LogP contribution < -0.4 is 10.8 Å². The van der Waals surface area contributed by atoms with Gasteiger partial charge in [0.2, 0.25) is 0 Å². The molecule has 0 saturated heterocycles. The van der Waals surface area contributed by atoms with E-state index >= 15 is 0 Å². The van der Waals surface area contributed by atoms with Crippen LogP contribution in [0, 0.1) is 0 Å². The SMILES string of the molecule is CC1=CCc2cccc3c2[N]1[Pb]1([O]3)[O]c2cccc3c2[N]1C(C)=CC3. The second kappa shape index (κ2) is 4.60. The molecule has 0 amide bonds. The zero-order valence-corrected chi connectivity index (χ0v) is 18.1. The molecule has 0 N–H and O–H groups in total. The molecule has 124 valence electrons. The molecule has 4 nitrogen and oxygen atoms in total. The summed E-state index contributed by atoms with van der Waals surface area (Å²) in [4.78, 5) is 0. The van der Waals surface area contributed by atoms with Gasteiger partial charge in [-0.1, -0.05) is 0 Å². The van der Waals surface area contributed by atoms with Crippen molar-refractivity contribution < 1.29 is 5.37 Å². The molecule has 0 aliphatic carbocycles. The first-order valence-corrected chi connectivity index (χ1v) is 15.4. The van der Waals surface area contributed by atoms with E-state index in [-0.39, 0.29) is 0 Å². The molecule has 0 atom stereocenters. The van der Waals surface area contributed by atoms with E-state index in [1.165, 1.54) is 33.9 Å². The molecule has 4 aliphatic heterocycles. The third kappa shape index (κ3) is 1.62. The Morgan fingerprint density at radius 2 is 1.24 bits per heavy atom. The number of allylic oxidation sites excluding steroid dienone is 4. The normalized spacial score (nSPS) is 20.6. The average molecular weight is 526 g/mol. The van der Waals surface area contributed by atoms with Gasteiger partial charge in [0.25, 0.3) is 0 Å². The second-order valence-corrected chi connectivity index (χ2v) is 16.4. The molecule has 0 aromatic heterocycles. The minimum atomic E-state index is -4.03. The fraction of sp³-hybridized carbons (Fsp3) is 0.200. The molecule has 4 aliphatic rings. The molecule has 0 unspecified atom stereocenters. The quantitative estimate of drug-likeness (QED) is 0.483. The maximum absolute atomic E-state index is 6.77. The summed E-state index contributed by atoms with van der Waals surface area (Å²) in [5.41, 5.74) is 7.64. The molecule has 2 aromatic rings. The van der Waals surface area contributed by atoms with Crippen LogP contribution in [0.1, 0.15) is 25.0 Å². The Bertz CT molecular complexity index is 929. The molecular formula is C20H18N2O2Pb. The van der Waals surface area contributed by atoms with Gasteiger partial charge in [-0.3, -0.25) is 0 Å². The van der Waals surface area contributed by atoms with Crippen LogP contribution in [0.4, 0.5) is 11.4 Å². The molecule has 1 spiro atoms. The molecule has 5 heteroatoms. The van der Waals surface area contributed by atoms with Crippen LogP contribution in [0.2, 0.25) is 0 Å². The molecule has 25 heavy (non-hydrogen) atoms. The van der Waals surface area contributed by atoms with Crippen LogP contribution in [0.3, 0.4) is 0 Å². The van der Waals surface area contributed by atoms with Crippen molar-refractivity contribution >= 4 is 34.0 Å². The number of fused-ring (bicyclic) bond motifs is 2. The van der Waals surface area contributed by atoms with Gasteiger partial charge < -0.3 is 0 Å². The van der Waals surface area contributed by atoms with Gasteiger partial charge >= 0.3 is 154 Å². The third-order valence-electron chi connectivity index (χ3n) is 5.60. The summed E-state index contributed by atoms with van der Waals surface area (Å²) in [6.07, 6.45) is 6.54. The number of rotatable bonds is 0. The molecule has 0 bridgehead atoms. The first-order valence-electron chi connectivity index (χ1n) is 8.75. The Labute approximate surface area is 153 Å². The summed E-state index contributed by atoms with van der Waals surface area (Å²) in [6, 6.07) is 12.8. The van der Waals surface area contributed by atoms with Crippen molar-refractivity contribution in [3.05, 3.63) is 71.1 Å². The van der Waals surface area contributed by atoms with E-state index in [0.717, 1.165) is 24.3 Å². The van der Waals surface area contributed by atoms with E-state index in [1.54, 1.807) is 0 Å². The van der Waals surface area contributed by atoms with E-state index in [1.807, 2.05) is 0 Å². The molecular weight excluding hydrogens is 507 g/mol. The van der Waals surface area contributed by atoms with Crippen molar-refractivity contribution in [1.29, 1.82) is 0 Å². The van der Waals surface area contributed by atoms with Crippen molar-refractivity contribution in [3.63, 3.8) is 0 Å². The van der Waals surface area contributed by atoms with Gasteiger partial charge in [0.1, 0.15) is 0 Å². The topological polar surface area (TPSA) is 24.9 Å². The van der Waals surface area contributed by atoms with Gasteiger partial charge in [-0.15, -0.1) is 0 Å². The van der Waals surface area contributed by atoms with E-state index in [2.05, 4.69) is 67.8 Å². The van der Waals surface area contributed by atoms with Crippen molar-refractivity contribution in [3.8, 4) is 11.5 Å². The molecule has 0 radical (unpaired) electrons. The fourth-order valence-electron chi connectivity index (χ4n) is 4.51. The Morgan fingerprint density at radius 3 is 1.72 bits per heavy atom. The fourth-order valence-corrected chi connectivity index (χ4v) is 18.7. The van der Waals surface area contributed by atoms with Gasteiger partial charge in [0.15, 0.2) is 0 Å². The standard InChI is InChI=1S/2C10H10NO.Pb/c2*1-7-5-6-8-3-2-4-9(12)10(8)11-7;/h2*2-5,12H,6H2,1H3;/q2*-1;+4/p-2. The Morgan fingerprint density at radius 1 is 0.760 bits per heavy atom. The van der Waals surface area contributed by atoms with Gasteiger partial charge in [-0.2, -0.15) is 0 Å². The Hall–Kier alpha value is -1.96. The molecule has 0 saturated carbocycles. The number of para-hydroxylation sites is 2. The first-order chi connectivity index (χ1) is 12.2. The van der Waals surface area contributed by atoms with Crippen LogP contribution in [0.5, 0.6) is 11.5 Å². The van der Waals surface area contributed by atoms with Gasteiger partial charge in [-0.05, 0) is 0 Å². The number of anilines is 2. The van der Waals surface area contributed by atoms with Gasteiger partial charge in [0, 0.05) is 0 Å². The van der Waals surface area contributed by atoms with E-state index in [4.69, 9.17) is 5.37 Å². The summed E-state index contributed by atoms with van der Waals surface area (Å²) >= 11 is -4.03. The maximum atomic E-state index is 6.77. The number of hydrogen-bond acceptors (Lipinski definition) is 4. The Balaban J connectivity index is 1.64.